The summed E-state index contributed by atoms with van der Waals surface area (Å²) in [5.41, 5.74) is 1.96. The highest BCUT2D eigenvalue weighted by Gasteiger charge is 2.06. The van der Waals surface area contributed by atoms with E-state index >= 15 is 0 Å². The molecule has 0 unspecified atom stereocenters. The standard InChI is InChI=1S/C18H19ClFNO2S/c1-23-17-7-4-15(19)10-14(17)11-24-12-18(22)21-9-8-13-2-5-16(20)6-3-13/h2-7,10H,8-9,11-12H2,1H3,(H,21,22). The average Bonchev–Trinajstić information content (AvgIpc) is 2.57. The molecule has 0 saturated heterocycles. The molecule has 0 saturated carbocycles. The Labute approximate surface area is 150 Å². The minimum atomic E-state index is -0.254. The van der Waals surface area contributed by atoms with Crippen LogP contribution in [0.2, 0.25) is 5.02 Å². The SMILES string of the molecule is COc1ccc(Cl)cc1CSCC(=O)NCCc1ccc(F)cc1. The summed E-state index contributed by atoms with van der Waals surface area (Å²) in [6, 6.07) is 11.7. The Hall–Kier alpha value is -1.72. The first kappa shape index (κ1) is 18.6. The lowest BCUT2D eigenvalue weighted by Gasteiger charge is -2.09. The van der Waals surface area contributed by atoms with E-state index in [2.05, 4.69) is 5.32 Å². The topological polar surface area (TPSA) is 38.3 Å². The first-order valence-corrected chi connectivity index (χ1v) is 9.03. The van der Waals surface area contributed by atoms with Crippen LogP contribution in [-0.4, -0.2) is 25.3 Å². The molecule has 2 aromatic carbocycles. The fourth-order valence-corrected chi connectivity index (χ4v) is 3.19. The molecule has 0 spiro atoms. The maximum absolute atomic E-state index is 12.8. The van der Waals surface area contributed by atoms with Crippen LogP contribution in [0.25, 0.3) is 0 Å². The first-order valence-electron chi connectivity index (χ1n) is 7.50. The van der Waals surface area contributed by atoms with Crippen LogP contribution in [-0.2, 0) is 17.0 Å². The third-order valence-corrected chi connectivity index (χ3v) is 4.60. The van der Waals surface area contributed by atoms with Crippen molar-refractivity contribution in [2.24, 2.45) is 0 Å². The number of hydrogen-bond donors (Lipinski definition) is 1. The summed E-state index contributed by atoms with van der Waals surface area (Å²) in [6.45, 7) is 0.533. The van der Waals surface area contributed by atoms with Gasteiger partial charge in [-0.3, -0.25) is 4.79 Å². The number of nitrogens with one attached hydrogen (secondary N) is 1. The molecule has 0 aliphatic heterocycles. The zero-order valence-electron chi connectivity index (χ0n) is 13.4. The van der Waals surface area contributed by atoms with Crippen LogP contribution < -0.4 is 10.1 Å². The summed E-state index contributed by atoms with van der Waals surface area (Å²) in [5, 5.41) is 3.51. The number of thioether (sulfide) groups is 1. The number of methoxy groups -OCH3 is 1. The molecule has 0 radical (unpaired) electrons. The number of hydrogen-bond acceptors (Lipinski definition) is 3. The highest BCUT2D eigenvalue weighted by Crippen LogP contribution is 2.26. The van der Waals surface area contributed by atoms with Gasteiger partial charge < -0.3 is 10.1 Å². The molecule has 0 bridgehead atoms. The van der Waals surface area contributed by atoms with E-state index in [0.717, 1.165) is 16.9 Å². The Morgan fingerprint density at radius 1 is 1.25 bits per heavy atom. The average molecular weight is 368 g/mol. The van der Waals surface area contributed by atoms with Crippen LogP contribution in [0.15, 0.2) is 42.5 Å². The van der Waals surface area contributed by atoms with Crippen LogP contribution in [0.1, 0.15) is 11.1 Å². The fraction of sp³-hybridized carbons (Fsp3) is 0.278. The van der Waals surface area contributed by atoms with Gasteiger partial charge in [0.15, 0.2) is 0 Å². The number of amides is 1. The third kappa shape index (κ3) is 6.06. The van der Waals surface area contributed by atoms with Crippen molar-refractivity contribution in [3.05, 3.63) is 64.4 Å². The Bertz CT molecular complexity index is 679. The second-order valence-corrected chi connectivity index (χ2v) is 6.60. The van der Waals surface area contributed by atoms with Crippen molar-refractivity contribution in [2.75, 3.05) is 19.4 Å². The summed E-state index contributed by atoms with van der Waals surface area (Å²) < 4.78 is 18.1. The van der Waals surface area contributed by atoms with E-state index < -0.39 is 0 Å². The van der Waals surface area contributed by atoms with Crippen LogP contribution in [0, 0.1) is 5.82 Å². The lowest BCUT2D eigenvalue weighted by Crippen LogP contribution is -2.27. The van der Waals surface area contributed by atoms with Gasteiger partial charge >= 0.3 is 0 Å². The zero-order valence-corrected chi connectivity index (χ0v) is 14.9. The maximum atomic E-state index is 12.8. The Kier molecular flexibility index (Phi) is 7.40. The third-order valence-electron chi connectivity index (χ3n) is 3.38. The van der Waals surface area contributed by atoms with Crippen molar-refractivity contribution in [1.82, 2.24) is 5.32 Å². The normalized spacial score (nSPS) is 10.5. The van der Waals surface area contributed by atoms with E-state index in [1.165, 1.54) is 23.9 Å². The van der Waals surface area contributed by atoms with E-state index in [9.17, 15) is 9.18 Å². The summed E-state index contributed by atoms with van der Waals surface area (Å²) in [5.74, 6) is 1.50. The number of carbonyl (C=O) groups excluding carboxylic acids is 1. The molecular formula is C18H19ClFNO2S. The van der Waals surface area contributed by atoms with Gasteiger partial charge in [-0.1, -0.05) is 23.7 Å². The van der Waals surface area contributed by atoms with Crippen molar-refractivity contribution in [2.45, 2.75) is 12.2 Å². The quantitative estimate of drug-likeness (QED) is 0.764. The van der Waals surface area contributed by atoms with Gasteiger partial charge in [0.05, 0.1) is 12.9 Å². The number of rotatable bonds is 8. The zero-order chi connectivity index (χ0) is 17.4. The van der Waals surface area contributed by atoms with Crippen molar-refractivity contribution in [3.63, 3.8) is 0 Å². The van der Waals surface area contributed by atoms with E-state index in [-0.39, 0.29) is 11.7 Å². The molecule has 1 amide bonds. The number of halogens is 2. The monoisotopic (exact) mass is 367 g/mol. The second kappa shape index (κ2) is 9.55. The van der Waals surface area contributed by atoms with E-state index in [0.29, 0.717) is 29.5 Å². The number of carbonyl (C=O) groups is 1. The lowest BCUT2D eigenvalue weighted by atomic mass is 10.1. The molecule has 128 valence electrons. The molecule has 2 aromatic rings. The van der Waals surface area contributed by atoms with Crippen LogP contribution >= 0.6 is 23.4 Å². The lowest BCUT2D eigenvalue weighted by molar-refractivity contribution is -0.118. The molecule has 0 fully saturated rings. The smallest absolute Gasteiger partial charge is 0.230 e. The van der Waals surface area contributed by atoms with Crippen LogP contribution in [0.3, 0.4) is 0 Å². The minimum Gasteiger partial charge on any atom is -0.496 e. The van der Waals surface area contributed by atoms with Gasteiger partial charge in [-0.25, -0.2) is 4.39 Å². The Morgan fingerprint density at radius 3 is 2.71 bits per heavy atom. The largest absolute Gasteiger partial charge is 0.496 e. The predicted octanol–water partition coefficient (Wildman–Crippen LogP) is 4.08. The van der Waals surface area contributed by atoms with Gasteiger partial charge in [-0.2, -0.15) is 0 Å². The van der Waals surface area contributed by atoms with Crippen molar-refractivity contribution >= 4 is 29.3 Å². The van der Waals surface area contributed by atoms with Gasteiger partial charge in [0.25, 0.3) is 0 Å². The first-order chi connectivity index (χ1) is 11.6. The fourth-order valence-electron chi connectivity index (χ4n) is 2.16. The molecule has 0 aliphatic carbocycles. The van der Waals surface area contributed by atoms with E-state index in [4.69, 9.17) is 16.3 Å². The van der Waals surface area contributed by atoms with Crippen molar-refractivity contribution in [1.29, 1.82) is 0 Å². The highest BCUT2D eigenvalue weighted by molar-refractivity contribution is 7.99. The molecule has 6 heteroatoms. The molecule has 24 heavy (non-hydrogen) atoms. The summed E-state index contributed by atoms with van der Waals surface area (Å²) in [7, 11) is 1.61. The number of benzene rings is 2. The second-order valence-electron chi connectivity index (χ2n) is 5.18. The number of ether oxygens (including phenoxy) is 1. The van der Waals surface area contributed by atoms with Gasteiger partial charge in [0.1, 0.15) is 11.6 Å². The highest BCUT2D eigenvalue weighted by atomic mass is 35.5. The van der Waals surface area contributed by atoms with E-state index in [1.807, 2.05) is 12.1 Å². The summed E-state index contributed by atoms with van der Waals surface area (Å²) >= 11 is 7.48. The van der Waals surface area contributed by atoms with Gasteiger partial charge in [0.2, 0.25) is 5.91 Å². The van der Waals surface area contributed by atoms with Crippen molar-refractivity contribution in [3.8, 4) is 5.75 Å². The molecule has 3 nitrogen and oxygen atoms in total. The Balaban J connectivity index is 1.70. The molecule has 0 aliphatic rings. The predicted molar refractivity (Wildman–Crippen MR) is 97.3 cm³/mol. The van der Waals surface area contributed by atoms with Crippen LogP contribution in [0.4, 0.5) is 4.39 Å². The van der Waals surface area contributed by atoms with Crippen LogP contribution in [0.5, 0.6) is 5.75 Å². The van der Waals surface area contributed by atoms with E-state index in [1.54, 1.807) is 25.3 Å². The van der Waals surface area contributed by atoms with Gasteiger partial charge in [0, 0.05) is 22.9 Å². The Morgan fingerprint density at radius 2 is 2.00 bits per heavy atom. The summed E-state index contributed by atoms with van der Waals surface area (Å²) in [6.07, 6.45) is 0.679. The molecule has 2 rings (SSSR count). The van der Waals surface area contributed by atoms with Gasteiger partial charge in [-0.05, 0) is 42.3 Å². The summed E-state index contributed by atoms with van der Waals surface area (Å²) in [4.78, 5) is 11.8. The molecule has 1 N–H and O–H groups in total. The molecule has 0 atom stereocenters. The molecule has 0 heterocycles. The van der Waals surface area contributed by atoms with Crippen molar-refractivity contribution < 1.29 is 13.9 Å². The minimum absolute atomic E-state index is 0.0249. The maximum Gasteiger partial charge on any atom is 0.230 e. The van der Waals surface area contributed by atoms with Gasteiger partial charge in [-0.15, -0.1) is 11.8 Å². The molecule has 0 aromatic heterocycles. The molecular weight excluding hydrogens is 349 g/mol.